The molecule has 0 radical (unpaired) electrons. The number of hydrogen-bond donors (Lipinski definition) is 0. The van der Waals surface area contributed by atoms with E-state index < -0.39 is 0 Å². The van der Waals surface area contributed by atoms with Crippen molar-refractivity contribution in [3.8, 4) is 0 Å². The van der Waals surface area contributed by atoms with Crippen molar-refractivity contribution in [2.75, 3.05) is 0 Å². The zero-order chi connectivity index (χ0) is 8.69. The fourth-order valence-corrected chi connectivity index (χ4v) is 1.19. The molecule has 0 N–H and O–H groups in total. The van der Waals surface area contributed by atoms with Crippen molar-refractivity contribution in [2.24, 2.45) is 5.92 Å². The monoisotopic (exact) mass is 170 g/mol. The molecule has 0 heterocycles. The number of rotatable bonds is 5. The zero-order valence-electron chi connectivity index (χ0n) is 7.76. The number of allylic oxidation sites excluding steroid dienone is 2. The summed E-state index contributed by atoms with van der Waals surface area (Å²) in [7, 11) is 0. The Morgan fingerprint density at radius 1 is 1.55 bits per heavy atom. The van der Waals surface area contributed by atoms with Gasteiger partial charge in [0, 0.05) is 0 Å². The van der Waals surface area contributed by atoms with Gasteiger partial charge in [0.05, 0.1) is 0 Å². The number of hydrogen-bond acceptors (Lipinski definition) is 1. The van der Waals surface area contributed by atoms with E-state index in [9.17, 15) is 0 Å². The third-order valence-electron chi connectivity index (χ3n) is 1.68. The van der Waals surface area contributed by atoms with Gasteiger partial charge in [0.25, 0.3) is 0 Å². The van der Waals surface area contributed by atoms with E-state index in [0.29, 0.717) is 5.92 Å². The molecule has 0 fully saturated rings. The summed E-state index contributed by atoms with van der Waals surface area (Å²) in [5, 5.41) is 2.15. The quantitative estimate of drug-likeness (QED) is 0.596. The molecule has 0 bridgehead atoms. The van der Waals surface area contributed by atoms with Gasteiger partial charge in [-0.25, -0.2) is 0 Å². The molecule has 0 aromatic rings. The minimum atomic E-state index is 0.701. The predicted molar refractivity (Wildman–Crippen MR) is 55.6 cm³/mol. The SMILES string of the molecule is C=C(CC)S/C=C\C(C)CC. The van der Waals surface area contributed by atoms with Crippen LogP contribution in [0.3, 0.4) is 0 Å². The summed E-state index contributed by atoms with van der Waals surface area (Å²) >= 11 is 1.75. The number of thioether (sulfide) groups is 1. The van der Waals surface area contributed by atoms with Crippen LogP contribution in [0.15, 0.2) is 23.0 Å². The second-order valence-corrected chi connectivity index (χ2v) is 3.81. The molecule has 0 aliphatic rings. The van der Waals surface area contributed by atoms with E-state index in [1.54, 1.807) is 11.8 Å². The third kappa shape index (κ3) is 6.24. The second-order valence-electron chi connectivity index (χ2n) is 2.72. The van der Waals surface area contributed by atoms with Gasteiger partial charge in [-0.1, -0.05) is 39.8 Å². The maximum Gasteiger partial charge on any atom is -0.0183 e. The molecule has 0 spiro atoms. The molecular formula is C10H18S. The highest BCUT2D eigenvalue weighted by molar-refractivity contribution is 8.05. The van der Waals surface area contributed by atoms with Crippen LogP contribution >= 0.6 is 11.8 Å². The molecule has 0 aliphatic heterocycles. The van der Waals surface area contributed by atoms with E-state index in [2.05, 4.69) is 38.8 Å². The molecule has 11 heavy (non-hydrogen) atoms. The molecule has 0 saturated heterocycles. The Morgan fingerprint density at radius 3 is 2.64 bits per heavy atom. The van der Waals surface area contributed by atoms with Crippen LogP contribution in [-0.2, 0) is 0 Å². The molecule has 0 aromatic carbocycles. The van der Waals surface area contributed by atoms with Crippen molar-refractivity contribution >= 4 is 11.8 Å². The van der Waals surface area contributed by atoms with Crippen molar-refractivity contribution in [3.63, 3.8) is 0 Å². The van der Waals surface area contributed by atoms with Crippen LogP contribution in [0.1, 0.15) is 33.6 Å². The summed E-state index contributed by atoms with van der Waals surface area (Å²) < 4.78 is 0. The Hall–Kier alpha value is -0.170. The minimum Gasteiger partial charge on any atom is -0.103 e. The summed E-state index contributed by atoms with van der Waals surface area (Å²) in [6.45, 7) is 10.5. The van der Waals surface area contributed by atoms with Gasteiger partial charge in [0.15, 0.2) is 0 Å². The van der Waals surface area contributed by atoms with Gasteiger partial charge < -0.3 is 0 Å². The Kier molecular flexibility index (Phi) is 6.43. The molecule has 0 saturated carbocycles. The first kappa shape index (κ1) is 10.8. The van der Waals surface area contributed by atoms with Gasteiger partial charge in [-0.05, 0) is 22.7 Å². The molecular weight excluding hydrogens is 152 g/mol. The fraction of sp³-hybridized carbons (Fsp3) is 0.600. The Balaban J connectivity index is 3.51. The first-order chi connectivity index (χ1) is 5.20. The Labute approximate surface area is 74.8 Å². The highest BCUT2D eigenvalue weighted by Gasteiger charge is 1.90. The normalized spacial score (nSPS) is 13.7. The van der Waals surface area contributed by atoms with E-state index in [4.69, 9.17) is 0 Å². The smallest absolute Gasteiger partial charge is 0.0183 e. The van der Waals surface area contributed by atoms with Crippen molar-refractivity contribution in [1.29, 1.82) is 0 Å². The largest absolute Gasteiger partial charge is 0.103 e. The van der Waals surface area contributed by atoms with Crippen LogP contribution in [0.25, 0.3) is 0 Å². The molecule has 0 amide bonds. The van der Waals surface area contributed by atoms with Crippen LogP contribution < -0.4 is 0 Å². The van der Waals surface area contributed by atoms with Crippen LogP contribution in [0.5, 0.6) is 0 Å². The van der Waals surface area contributed by atoms with E-state index in [1.165, 1.54) is 11.3 Å². The van der Waals surface area contributed by atoms with E-state index in [1.807, 2.05) is 0 Å². The standard InChI is InChI=1S/C10H18S/c1-5-9(3)7-8-11-10(4)6-2/h7-9H,4-6H2,1-3H3/b8-7-. The average Bonchev–Trinajstić information content (AvgIpc) is 2.04. The molecule has 1 unspecified atom stereocenters. The summed E-state index contributed by atoms with van der Waals surface area (Å²) in [5.74, 6) is 0.701. The van der Waals surface area contributed by atoms with Crippen molar-refractivity contribution in [3.05, 3.63) is 23.0 Å². The second kappa shape index (κ2) is 6.53. The van der Waals surface area contributed by atoms with Crippen molar-refractivity contribution in [1.82, 2.24) is 0 Å². The Bertz CT molecular complexity index is 136. The fourth-order valence-electron chi connectivity index (χ4n) is 0.489. The topological polar surface area (TPSA) is 0 Å². The van der Waals surface area contributed by atoms with E-state index in [0.717, 1.165) is 6.42 Å². The predicted octanol–water partition coefficient (Wildman–Crippen LogP) is 4.20. The lowest BCUT2D eigenvalue weighted by Gasteiger charge is -1.99. The molecule has 0 rings (SSSR count). The van der Waals surface area contributed by atoms with Crippen LogP contribution in [-0.4, -0.2) is 0 Å². The minimum absolute atomic E-state index is 0.701. The molecule has 0 aliphatic carbocycles. The first-order valence-corrected chi connectivity index (χ1v) is 5.09. The van der Waals surface area contributed by atoms with Gasteiger partial charge in [-0.15, -0.1) is 11.8 Å². The highest BCUT2D eigenvalue weighted by atomic mass is 32.2. The average molecular weight is 170 g/mol. The van der Waals surface area contributed by atoms with Gasteiger partial charge in [-0.2, -0.15) is 0 Å². The van der Waals surface area contributed by atoms with Gasteiger partial charge in [-0.3, -0.25) is 0 Å². The Morgan fingerprint density at radius 2 is 2.18 bits per heavy atom. The lowest BCUT2D eigenvalue weighted by molar-refractivity contribution is 0.699. The van der Waals surface area contributed by atoms with Gasteiger partial charge in [0.1, 0.15) is 0 Å². The lowest BCUT2D eigenvalue weighted by Crippen LogP contribution is -1.82. The van der Waals surface area contributed by atoms with Crippen molar-refractivity contribution < 1.29 is 0 Å². The summed E-state index contributed by atoms with van der Waals surface area (Å²) in [4.78, 5) is 1.24. The van der Waals surface area contributed by atoms with Crippen LogP contribution in [0, 0.1) is 5.92 Å². The first-order valence-electron chi connectivity index (χ1n) is 4.21. The zero-order valence-corrected chi connectivity index (χ0v) is 8.58. The summed E-state index contributed by atoms with van der Waals surface area (Å²) in [6.07, 6.45) is 4.52. The van der Waals surface area contributed by atoms with E-state index in [-0.39, 0.29) is 0 Å². The maximum absolute atomic E-state index is 3.91. The third-order valence-corrected chi connectivity index (χ3v) is 2.60. The molecule has 64 valence electrons. The maximum atomic E-state index is 3.91. The van der Waals surface area contributed by atoms with Gasteiger partial charge in [0.2, 0.25) is 0 Å². The molecule has 1 atom stereocenters. The summed E-state index contributed by atoms with van der Waals surface area (Å²) in [6, 6.07) is 0. The van der Waals surface area contributed by atoms with E-state index >= 15 is 0 Å². The molecule has 0 nitrogen and oxygen atoms in total. The van der Waals surface area contributed by atoms with Crippen LogP contribution in [0.4, 0.5) is 0 Å². The molecule has 1 heteroatoms. The summed E-state index contributed by atoms with van der Waals surface area (Å²) in [5.41, 5.74) is 0. The highest BCUT2D eigenvalue weighted by Crippen LogP contribution is 2.18. The van der Waals surface area contributed by atoms with Gasteiger partial charge >= 0.3 is 0 Å². The van der Waals surface area contributed by atoms with Crippen LogP contribution in [0.2, 0.25) is 0 Å². The lowest BCUT2D eigenvalue weighted by atomic mass is 10.1. The van der Waals surface area contributed by atoms with Crippen molar-refractivity contribution in [2.45, 2.75) is 33.6 Å². The molecule has 0 aromatic heterocycles.